The van der Waals surface area contributed by atoms with Gasteiger partial charge < -0.3 is 24.3 Å². The number of benzene rings is 2. The number of rotatable bonds is 8. The van der Waals surface area contributed by atoms with Crippen molar-refractivity contribution in [3.63, 3.8) is 0 Å². The minimum absolute atomic E-state index is 0.0613. The van der Waals surface area contributed by atoms with E-state index >= 15 is 0 Å². The Bertz CT molecular complexity index is 1550. The lowest BCUT2D eigenvalue weighted by molar-refractivity contribution is -0.147. The minimum Gasteiger partial charge on any atom is -0.493 e. The van der Waals surface area contributed by atoms with E-state index in [4.69, 9.17) is 18.9 Å². The normalized spacial score (nSPS) is 17.7. The van der Waals surface area contributed by atoms with Crippen molar-refractivity contribution in [2.24, 2.45) is 5.92 Å². The molecular weight excluding hydrogens is 593 g/mol. The summed E-state index contributed by atoms with van der Waals surface area (Å²) in [5.41, 5.74) is -1.01. The molecule has 1 aliphatic rings. The van der Waals surface area contributed by atoms with Crippen LogP contribution in [0.4, 0.5) is 29.5 Å². The molecule has 10 nitrogen and oxygen atoms in total. The third-order valence-corrected chi connectivity index (χ3v) is 7.38. The molecule has 0 unspecified atom stereocenters. The van der Waals surface area contributed by atoms with E-state index in [1.54, 1.807) is 46.8 Å². The number of hydrogen-bond donors (Lipinski definition) is 2. The van der Waals surface area contributed by atoms with E-state index in [1.807, 2.05) is 0 Å². The molecule has 244 valence electrons. The van der Waals surface area contributed by atoms with E-state index in [9.17, 15) is 22.8 Å². The first-order valence-electron chi connectivity index (χ1n) is 14.7. The average molecular weight is 633 g/mol. The van der Waals surface area contributed by atoms with Crippen molar-refractivity contribution in [2.45, 2.75) is 84.2 Å². The molecule has 3 aromatic rings. The molecule has 2 N–H and O–H groups in total. The van der Waals surface area contributed by atoms with Crippen LogP contribution in [0.1, 0.15) is 76.4 Å². The fraction of sp³-hybridized carbons (Fsp3) is 0.500. The first kappa shape index (κ1) is 33.6. The summed E-state index contributed by atoms with van der Waals surface area (Å²) in [4.78, 5) is 33.4. The molecule has 1 aromatic heterocycles. The Hall–Kier alpha value is -4.29. The fourth-order valence-corrected chi connectivity index (χ4v) is 5.22. The van der Waals surface area contributed by atoms with E-state index in [2.05, 4.69) is 20.6 Å². The largest absolute Gasteiger partial charge is 0.493 e. The van der Waals surface area contributed by atoms with E-state index in [0.717, 1.165) is 12.1 Å². The molecule has 0 aliphatic heterocycles. The van der Waals surface area contributed by atoms with Crippen LogP contribution in [0, 0.1) is 12.8 Å². The number of fused-ring (bicyclic) bond motifs is 1. The molecule has 1 aliphatic carbocycles. The Morgan fingerprint density at radius 2 is 1.64 bits per heavy atom. The molecular formula is C32H39F3N4O6. The van der Waals surface area contributed by atoms with Gasteiger partial charge in [0.05, 0.1) is 43.4 Å². The van der Waals surface area contributed by atoms with Crippen LogP contribution >= 0.6 is 0 Å². The number of aromatic nitrogens is 2. The highest BCUT2D eigenvalue weighted by molar-refractivity contribution is 5.92. The van der Waals surface area contributed by atoms with Gasteiger partial charge in [-0.15, -0.1) is 0 Å². The van der Waals surface area contributed by atoms with E-state index < -0.39 is 29.5 Å². The number of aryl methyl sites for hydroxylation is 1. The number of halogens is 3. The maximum atomic E-state index is 13.9. The van der Waals surface area contributed by atoms with Gasteiger partial charge in [-0.1, -0.05) is 0 Å². The number of hydrogen-bond acceptors (Lipinski definition) is 9. The zero-order valence-corrected chi connectivity index (χ0v) is 26.4. The Morgan fingerprint density at radius 3 is 2.24 bits per heavy atom. The van der Waals surface area contributed by atoms with E-state index in [0.29, 0.717) is 59.7 Å². The van der Waals surface area contributed by atoms with Crippen LogP contribution < -0.4 is 20.1 Å². The van der Waals surface area contributed by atoms with Crippen molar-refractivity contribution in [1.29, 1.82) is 0 Å². The zero-order valence-electron chi connectivity index (χ0n) is 26.4. The summed E-state index contributed by atoms with van der Waals surface area (Å²) in [6.07, 6.45) is -3.09. The Kier molecular flexibility index (Phi) is 9.98. The third kappa shape index (κ3) is 8.67. The highest BCUT2D eigenvalue weighted by Crippen LogP contribution is 2.39. The van der Waals surface area contributed by atoms with E-state index in [1.165, 1.54) is 20.3 Å². The Balaban J connectivity index is 1.64. The number of methoxy groups -OCH3 is 2. The number of nitrogens with one attached hydrogen (secondary N) is 2. The summed E-state index contributed by atoms with van der Waals surface area (Å²) >= 11 is 0. The first-order valence-corrected chi connectivity index (χ1v) is 14.7. The third-order valence-electron chi connectivity index (χ3n) is 7.38. The molecule has 0 radical (unpaired) electrons. The maximum absolute atomic E-state index is 13.9. The van der Waals surface area contributed by atoms with Gasteiger partial charge in [-0.2, -0.15) is 13.2 Å². The Morgan fingerprint density at radius 1 is 0.956 bits per heavy atom. The highest BCUT2D eigenvalue weighted by atomic mass is 19.4. The Labute approximate surface area is 260 Å². The summed E-state index contributed by atoms with van der Waals surface area (Å²) in [6.45, 7) is 8.37. The van der Waals surface area contributed by atoms with Crippen LogP contribution in [0.25, 0.3) is 10.9 Å². The van der Waals surface area contributed by atoms with Crippen LogP contribution in [-0.4, -0.2) is 48.0 Å². The second-order valence-electron chi connectivity index (χ2n) is 12.1. The number of alkyl halides is 3. The molecule has 1 atom stereocenters. The topological polar surface area (TPSA) is 121 Å². The monoisotopic (exact) mass is 632 g/mol. The molecule has 1 heterocycles. The molecule has 4 rings (SSSR count). The minimum atomic E-state index is -4.66. The van der Waals surface area contributed by atoms with Crippen LogP contribution in [0.2, 0.25) is 0 Å². The molecule has 2 aromatic carbocycles. The molecule has 0 saturated heterocycles. The summed E-state index contributed by atoms with van der Waals surface area (Å²) in [5, 5.41) is 6.21. The van der Waals surface area contributed by atoms with Crippen molar-refractivity contribution in [3.05, 3.63) is 47.3 Å². The molecule has 13 heteroatoms. The van der Waals surface area contributed by atoms with Gasteiger partial charge in [-0.05, 0) is 90.1 Å². The maximum Gasteiger partial charge on any atom is 0.416 e. The number of esters is 1. The van der Waals surface area contributed by atoms with Gasteiger partial charge in [-0.25, -0.2) is 14.8 Å². The number of nitrogens with zero attached hydrogens (tertiary/aromatic N) is 2. The van der Waals surface area contributed by atoms with Gasteiger partial charge in [0.15, 0.2) is 11.5 Å². The molecule has 1 amide bonds. The summed E-state index contributed by atoms with van der Waals surface area (Å²) < 4.78 is 63.6. The van der Waals surface area contributed by atoms with Gasteiger partial charge in [0.1, 0.15) is 17.2 Å². The van der Waals surface area contributed by atoms with Crippen molar-refractivity contribution in [3.8, 4) is 11.5 Å². The van der Waals surface area contributed by atoms with Crippen LogP contribution in [0.15, 0.2) is 30.3 Å². The summed E-state index contributed by atoms with van der Waals surface area (Å²) in [6, 6.07) is 6.13. The second-order valence-corrected chi connectivity index (χ2v) is 12.1. The summed E-state index contributed by atoms with van der Waals surface area (Å²) in [5.74, 6) is 1.36. The SMILES string of the molecule is COC(=O)C1CCC(Oc2cc3c(N[C@H](C)c4cc(NC(=O)OC(C)(C)C)cc(C(F)(F)F)c4)nc(C)nc3cc2OC)CC1. The van der Waals surface area contributed by atoms with Crippen LogP contribution in [0.3, 0.4) is 0 Å². The van der Waals surface area contributed by atoms with Gasteiger partial charge in [0.25, 0.3) is 0 Å². The van der Waals surface area contributed by atoms with Gasteiger partial charge >= 0.3 is 18.2 Å². The van der Waals surface area contributed by atoms with Crippen LogP contribution in [0.5, 0.6) is 11.5 Å². The smallest absolute Gasteiger partial charge is 0.416 e. The van der Waals surface area contributed by atoms with Gasteiger partial charge in [0, 0.05) is 17.1 Å². The van der Waals surface area contributed by atoms with Crippen molar-refractivity contribution in [2.75, 3.05) is 24.9 Å². The van der Waals surface area contributed by atoms with Gasteiger partial charge in [0.2, 0.25) is 0 Å². The highest BCUT2D eigenvalue weighted by Gasteiger charge is 2.32. The fourth-order valence-electron chi connectivity index (χ4n) is 5.22. The lowest BCUT2D eigenvalue weighted by Gasteiger charge is -2.28. The second kappa shape index (κ2) is 13.4. The number of carbonyl (C=O) groups is 2. The average Bonchev–Trinajstić information content (AvgIpc) is 2.95. The van der Waals surface area contributed by atoms with Crippen molar-refractivity contribution in [1.82, 2.24) is 9.97 Å². The predicted octanol–water partition coefficient (Wildman–Crippen LogP) is 7.60. The quantitative estimate of drug-likeness (QED) is 0.242. The lowest BCUT2D eigenvalue weighted by Crippen LogP contribution is -2.28. The summed E-state index contributed by atoms with van der Waals surface area (Å²) in [7, 11) is 2.90. The number of amides is 1. The van der Waals surface area contributed by atoms with Crippen molar-refractivity contribution >= 4 is 34.5 Å². The lowest BCUT2D eigenvalue weighted by atomic mass is 9.87. The van der Waals surface area contributed by atoms with Crippen molar-refractivity contribution < 1.29 is 41.7 Å². The molecule has 0 spiro atoms. The molecule has 45 heavy (non-hydrogen) atoms. The van der Waals surface area contributed by atoms with E-state index in [-0.39, 0.29) is 29.2 Å². The zero-order chi connectivity index (χ0) is 33.1. The predicted molar refractivity (Wildman–Crippen MR) is 163 cm³/mol. The molecule has 1 fully saturated rings. The molecule has 1 saturated carbocycles. The first-order chi connectivity index (χ1) is 21.1. The number of carbonyl (C=O) groups excluding carboxylic acids is 2. The standard InChI is InChI=1S/C32H39F3N4O6/c1-17(20-12-21(32(33,34)35)14-22(13-20)39-30(41)45-31(3,4)5)36-28-24-15-27(26(42-6)16-25(24)37-18(2)38-28)44-23-10-8-19(9-11-23)29(40)43-7/h12-17,19,23H,8-11H2,1-7H3,(H,39,41)(H,36,37,38)/t17-,19?,23?/m1/s1. The van der Waals surface area contributed by atoms with Gasteiger partial charge in [-0.3, -0.25) is 10.1 Å². The number of ether oxygens (including phenoxy) is 4. The molecule has 0 bridgehead atoms. The van der Waals surface area contributed by atoms with Crippen LogP contribution in [-0.2, 0) is 20.4 Å². The number of anilines is 2.